The Kier molecular flexibility index (Phi) is 3.21. The van der Waals surface area contributed by atoms with Crippen LogP contribution in [0.25, 0.3) is 0 Å². The van der Waals surface area contributed by atoms with E-state index in [0.717, 1.165) is 18.4 Å². The van der Waals surface area contributed by atoms with Crippen molar-refractivity contribution in [2.75, 3.05) is 7.11 Å². The molecule has 76 valence electrons. The van der Waals surface area contributed by atoms with E-state index in [2.05, 4.69) is 4.74 Å². The number of methoxy groups -OCH3 is 1. The first-order valence-corrected chi connectivity index (χ1v) is 4.52. The monoisotopic (exact) mass is 216 g/mol. The number of carbonyl (C=O) groups excluding carboxylic acids is 1. The normalized spacial score (nSPS) is 12.1. The maximum Gasteiger partial charge on any atom is 0.340 e. The molecular weight excluding hydrogens is 208 g/mol. The lowest BCUT2D eigenvalue weighted by Crippen LogP contribution is -2.14. The van der Waals surface area contributed by atoms with Gasteiger partial charge in [-0.05, 0) is 11.4 Å². The van der Waals surface area contributed by atoms with E-state index in [0.29, 0.717) is 0 Å². The van der Waals surface area contributed by atoms with Crippen molar-refractivity contribution in [3.63, 3.8) is 0 Å². The number of esters is 1. The molecule has 1 heterocycles. The summed E-state index contributed by atoms with van der Waals surface area (Å²) in [6.45, 7) is 0. The Morgan fingerprint density at radius 2 is 2.21 bits per heavy atom. The minimum atomic E-state index is -1.52. The fraction of sp³-hybridized carbons (Fsp3) is 0.250. The average molecular weight is 216 g/mol. The first-order valence-electron chi connectivity index (χ1n) is 3.64. The first kappa shape index (κ1) is 10.7. The molecule has 14 heavy (non-hydrogen) atoms. The highest BCUT2D eigenvalue weighted by Gasteiger charge is 2.25. The van der Waals surface area contributed by atoms with E-state index in [1.165, 1.54) is 11.4 Å². The molecule has 0 bridgehead atoms. The number of rotatable bonds is 3. The number of aliphatic hydroxyl groups excluding tert-OH is 1. The van der Waals surface area contributed by atoms with Crippen LogP contribution < -0.4 is 0 Å². The number of thiophene rings is 1. The SMILES string of the molecule is COC(=O)C(O)c1sccc1C(=O)O. The maximum absolute atomic E-state index is 10.9. The largest absolute Gasteiger partial charge is 0.478 e. The summed E-state index contributed by atoms with van der Waals surface area (Å²) in [5.74, 6) is -2.04. The molecule has 0 aliphatic rings. The van der Waals surface area contributed by atoms with E-state index in [4.69, 9.17) is 5.11 Å². The Balaban J connectivity index is 3.00. The zero-order valence-electron chi connectivity index (χ0n) is 7.26. The van der Waals surface area contributed by atoms with Gasteiger partial charge in [0.25, 0.3) is 0 Å². The standard InChI is InChI=1S/C8H8O5S/c1-13-8(12)5(9)6-4(7(10)11)2-3-14-6/h2-3,5,9H,1H3,(H,10,11). The molecule has 0 amide bonds. The molecule has 0 aromatic carbocycles. The molecular formula is C8H8O5S. The number of carboxylic acid groups (broad SMARTS) is 1. The predicted octanol–water partition coefficient (Wildman–Crippen LogP) is 0.653. The van der Waals surface area contributed by atoms with Crippen LogP contribution in [-0.4, -0.2) is 29.3 Å². The lowest BCUT2D eigenvalue weighted by Gasteiger charge is -2.06. The molecule has 0 saturated carbocycles. The smallest absolute Gasteiger partial charge is 0.340 e. The van der Waals surface area contributed by atoms with Gasteiger partial charge in [-0.15, -0.1) is 11.3 Å². The molecule has 0 aliphatic carbocycles. The molecule has 5 nitrogen and oxygen atoms in total. The van der Waals surface area contributed by atoms with E-state index in [-0.39, 0.29) is 10.4 Å². The van der Waals surface area contributed by atoms with Gasteiger partial charge >= 0.3 is 11.9 Å². The van der Waals surface area contributed by atoms with Crippen molar-refractivity contribution < 1.29 is 24.5 Å². The summed E-state index contributed by atoms with van der Waals surface area (Å²) in [6, 6.07) is 1.33. The number of carboxylic acids is 1. The Morgan fingerprint density at radius 1 is 1.57 bits per heavy atom. The molecule has 1 aromatic heterocycles. The number of aliphatic hydroxyl groups is 1. The van der Waals surface area contributed by atoms with E-state index in [1.54, 1.807) is 0 Å². The number of hydrogen-bond acceptors (Lipinski definition) is 5. The van der Waals surface area contributed by atoms with Crippen LogP contribution in [-0.2, 0) is 9.53 Å². The topological polar surface area (TPSA) is 83.8 Å². The van der Waals surface area contributed by atoms with Crippen LogP contribution in [0.15, 0.2) is 11.4 Å². The minimum Gasteiger partial charge on any atom is -0.478 e. The minimum absolute atomic E-state index is 0.0760. The van der Waals surface area contributed by atoms with Gasteiger partial charge < -0.3 is 14.9 Å². The molecule has 1 rings (SSSR count). The summed E-state index contributed by atoms with van der Waals surface area (Å²) in [5, 5.41) is 19.6. The van der Waals surface area contributed by atoms with Gasteiger partial charge in [0, 0.05) is 0 Å². The summed E-state index contributed by atoms with van der Waals surface area (Å²) in [7, 11) is 1.12. The van der Waals surface area contributed by atoms with Crippen molar-refractivity contribution >= 4 is 23.3 Å². The van der Waals surface area contributed by atoms with E-state index in [9.17, 15) is 14.7 Å². The van der Waals surface area contributed by atoms with E-state index < -0.39 is 18.0 Å². The first-order chi connectivity index (χ1) is 6.57. The van der Waals surface area contributed by atoms with Gasteiger partial charge in [-0.1, -0.05) is 0 Å². The second-order valence-electron chi connectivity index (χ2n) is 2.43. The van der Waals surface area contributed by atoms with Gasteiger partial charge in [0.05, 0.1) is 17.6 Å². The predicted molar refractivity (Wildman–Crippen MR) is 48.3 cm³/mol. The quantitative estimate of drug-likeness (QED) is 0.725. The molecule has 1 aromatic rings. The van der Waals surface area contributed by atoms with Crippen LogP contribution in [0.5, 0.6) is 0 Å². The summed E-state index contributed by atoms with van der Waals surface area (Å²) in [6.07, 6.45) is -1.52. The zero-order valence-corrected chi connectivity index (χ0v) is 8.08. The molecule has 2 N–H and O–H groups in total. The Bertz CT molecular complexity index is 356. The third-order valence-electron chi connectivity index (χ3n) is 1.60. The second kappa shape index (κ2) is 4.21. The highest BCUT2D eigenvalue weighted by atomic mass is 32.1. The second-order valence-corrected chi connectivity index (χ2v) is 3.38. The average Bonchev–Trinajstić information content (AvgIpc) is 2.63. The van der Waals surface area contributed by atoms with Crippen LogP contribution in [0.2, 0.25) is 0 Å². The van der Waals surface area contributed by atoms with Crippen molar-refractivity contribution in [1.29, 1.82) is 0 Å². The Labute approximate surface area is 83.6 Å². The van der Waals surface area contributed by atoms with E-state index >= 15 is 0 Å². The van der Waals surface area contributed by atoms with Crippen LogP contribution in [0, 0.1) is 0 Å². The van der Waals surface area contributed by atoms with E-state index in [1.807, 2.05) is 0 Å². The van der Waals surface area contributed by atoms with Crippen LogP contribution in [0.1, 0.15) is 21.3 Å². The van der Waals surface area contributed by atoms with Gasteiger partial charge in [-0.2, -0.15) is 0 Å². The lowest BCUT2D eigenvalue weighted by atomic mass is 10.2. The van der Waals surface area contributed by atoms with Crippen molar-refractivity contribution in [2.45, 2.75) is 6.10 Å². The summed E-state index contributed by atoms with van der Waals surface area (Å²) in [5.41, 5.74) is -0.0760. The number of ether oxygens (including phenoxy) is 1. The number of hydrogen-bond donors (Lipinski definition) is 2. The Hall–Kier alpha value is -1.40. The van der Waals surface area contributed by atoms with Crippen LogP contribution in [0.3, 0.4) is 0 Å². The Morgan fingerprint density at radius 3 is 2.71 bits per heavy atom. The molecule has 1 atom stereocenters. The summed E-state index contributed by atoms with van der Waals surface area (Å²) in [4.78, 5) is 21.7. The lowest BCUT2D eigenvalue weighted by molar-refractivity contribution is -0.150. The van der Waals surface area contributed by atoms with Crippen molar-refractivity contribution in [2.24, 2.45) is 0 Å². The molecule has 1 unspecified atom stereocenters. The van der Waals surface area contributed by atoms with Gasteiger partial charge in [-0.3, -0.25) is 0 Å². The van der Waals surface area contributed by atoms with Gasteiger partial charge in [0.2, 0.25) is 0 Å². The molecule has 0 saturated heterocycles. The zero-order chi connectivity index (χ0) is 10.7. The van der Waals surface area contributed by atoms with Crippen LogP contribution >= 0.6 is 11.3 Å². The van der Waals surface area contributed by atoms with Crippen molar-refractivity contribution in [1.82, 2.24) is 0 Å². The fourth-order valence-corrected chi connectivity index (χ4v) is 1.79. The van der Waals surface area contributed by atoms with Crippen molar-refractivity contribution in [3.05, 3.63) is 21.9 Å². The fourth-order valence-electron chi connectivity index (χ4n) is 0.928. The molecule has 6 heteroatoms. The van der Waals surface area contributed by atoms with Gasteiger partial charge in [-0.25, -0.2) is 9.59 Å². The highest BCUT2D eigenvalue weighted by Crippen LogP contribution is 2.25. The van der Waals surface area contributed by atoms with Gasteiger partial charge in [0.15, 0.2) is 6.10 Å². The summed E-state index contributed by atoms with van der Waals surface area (Å²) >= 11 is 0.998. The highest BCUT2D eigenvalue weighted by molar-refractivity contribution is 7.10. The molecule has 0 fully saturated rings. The third kappa shape index (κ3) is 1.91. The van der Waals surface area contributed by atoms with Crippen LogP contribution in [0.4, 0.5) is 0 Å². The molecule has 0 radical (unpaired) electrons. The molecule has 0 aliphatic heterocycles. The maximum atomic E-state index is 10.9. The van der Waals surface area contributed by atoms with Crippen molar-refractivity contribution in [3.8, 4) is 0 Å². The molecule has 0 spiro atoms. The third-order valence-corrected chi connectivity index (χ3v) is 2.57. The number of carbonyl (C=O) groups is 2. The van der Waals surface area contributed by atoms with Gasteiger partial charge in [0.1, 0.15) is 0 Å². The summed E-state index contributed by atoms with van der Waals surface area (Å²) < 4.78 is 4.30. The number of aromatic carboxylic acids is 1.